The smallest absolute Gasteiger partial charge is 0.423 e. The number of piperidine rings is 2. The summed E-state index contributed by atoms with van der Waals surface area (Å²) in [6, 6.07) is 11.7. The molecular formula is C29H36F3N3O4. The van der Waals surface area contributed by atoms with Crippen molar-refractivity contribution < 1.29 is 27.6 Å². The maximum atomic E-state index is 13.2. The number of hydrogen-bond acceptors (Lipinski definition) is 5. The summed E-state index contributed by atoms with van der Waals surface area (Å²) in [6.45, 7) is 5.80. The first-order chi connectivity index (χ1) is 18.6. The Labute approximate surface area is 227 Å². The lowest BCUT2D eigenvalue weighted by Gasteiger charge is -2.34. The summed E-state index contributed by atoms with van der Waals surface area (Å²) >= 11 is 0. The summed E-state index contributed by atoms with van der Waals surface area (Å²) in [5.74, 6) is 0.587. The maximum absolute atomic E-state index is 13.2. The summed E-state index contributed by atoms with van der Waals surface area (Å²) in [5, 5.41) is 11.0. The van der Waals surface area contributed by atoms with Gasteiger partial charge in [-0.2, -0.15) is 13.2 Å². The molecule has 0 N–H and O–H groups in total. The third kappa shape index (κ3) is 7.71. The number of amides is 1. The van der Waals surface area contributed by atoms with Crippen LogP contribution in [0.3, 0.4) is 0 Å². The van der Waals surface area contributed by atoms with E-state index in [-0.39, 0.29) is 17.8 Å². The van der Waals surface area contributed by atoms with Gasteiger partial charge in [0.1, 0.15) is 17.4 Å². The summed E-state index contributed by atoms with van der Waals surface area (Å²) in [5.41, 5.74) is 0.459. The fraction of sp³-hybridized carbons (Fsp3) is 0.552. The highest BCUT2D eigenvalue weighted by atomic mass is 19.4. The van der Waals surface area contributed by atoms with Gasteiger partial charge in [0.25, 0.3) is 5.69 Å². The third-order valence-electron chi connectivity index (χ3n) is 7.79. The highest BCUT2D eigenvalue weighted by Gasteiger charge is 2.39. The first-order valence-electron chi connectivity index (χ1n) is 13.7. The number of nitro benzene ring substituents is 1. The van der Waals surface area contributed by atoms with E-state index in [0.29, 0.717) is 44.3 Å². The van der Waals surface area contributed by atoms with Gasteiger partial charge in [-0.25, -0.2) is 0 Å². The molecule has 0 aliphatic carbocycles. The van der Waals surface area contributed by atoms with Crippen LogP contribution in [0.25, 0.3) is 0 Å². The number of aryl methyl sites for hydroxylation is 1. The van der Waals surface area contributed by atoms with Crippen molar-refractivity contribution in [2.45, 2.75) is 70.1 Å². The van der Waals surface area contributed by atoms with Crippen LogP contribution in [0.1, 0.15) is 68.1 Å². The van der Waals surface area contributed by atoms with Gasteiger partial charge >= 0.3 is 6.18 Å². The van der Waals surface area contributed by atoms with Crippen molar-refractivity contribution in [2.75, 3.05) is 32.7 Å². The van der Waals surface area contributed by atoms with Crippen LogP contribution in [-0.2, 0) is 17.4 Å². The van der Waals surface area contributed by atoms with Crippen LogP contribution in [0.5, 0.6) is 5.75 Å². The van der Waals surface area contributed by atoms with Gasteiger partial charge in [-0.3, -0.25) is 14.9 Å². The molecule has 7 nitrogen and oxygen atoms in total. The molecule has 0 saturated carbocycles. The molecule has 4 rings (SSSR count). The largest absolute Gasteiger partial charge is 0.490 e. The van der Waals surface area contributed by atoms with Gasteiger partial charge in [0.15, 0.2) is 0 Å². The van der Waals surface area contributed by atoms with Crippen molar-refractivity contribution in [3.63, 3.8) is 0 Å². The molecule has 0 unspecified atom stereocenters. The van der Waals surface area contributed by atoms with Gasteiger partial charge in [-0.15, -0.1) is 0 Å². The molecule has 2 aromatic carbocycles. The van der Waals surface area contributed by atoms with E-state index in [2.05, 4.69) is 36.1 Å². The lowest BCUT2D eigenvalue weighted by molar-refractivity contribution is -0.388. The minimum absolute atomic E-state index is 0.0574. The number of ether oxygens (including phenoxy) is 1. The molecule has 39 heavy (non-hydrogen) atoms. The molecule has 1 amide bonds. The summed E-state index contributed by atoms with van der Waals surface area (Å²) in [6.07, 6.45) is 0.652. The molecule has 0 radical (unpaired) electrons. The van der Waals surface area contributed by atoms with Crippen LogP contribution in [0, 0.1) is 10.1 Å². The van der Waals surface area contributed by atoms with E-state index in [1.165, 1.54) is 17.2 Å². The first kappa shape index (κ1) is 28.9. The van der Waals surface area contributed by atoms with E-state index >= 15 is 0 Å². The van der Waals surface area contributed by atoms with E-state index in [1.54, 1.807) is 4.90 Å². The monoisotopic (exact) mass is 547 g/mol. The number of nitrogens with zero attached hydrogens (tertiary/aromatic N) is 3. The molecule has 10 heteroatoms. The van der Waals surface area contributed by atoms with Crippen LogP contribution < -0.4 is 4.74 Å². The molecule has 2 aliphatic rings. The second-order valence-corrected chi connectivity index (χ2v) is 10.5. The van der Waals surface area contributed by atoms with Crippen molar-refractivity contribution in [1.29, 1.82) is 0 Å². The highest BCUT2D eigenvalue weighted by Crippen LogP contribution is 2.38. The number of hydrogen-bond donors (Lipinski definition) is 0. The van der Waals surface area contributed by atoms with E-state index in [9.17, 15) is 28.1 Å². The second kappa shape index (κ2) is 12.8. The Bertz CT molecular complexity index is 1120. The van der Waals surface area contributed by atoms with Crippen molar-refractivity contribution in [2.24, 2.45) is 0 Å². The average Bonchev–Trinajstić information content (AvgIpc) is 2.92. The maximum Gasteiger partial charge on any atom is 0.423 e. The summed E-state index contributed by atoms with van der Waals surface area (Å²) in [7, 11) is 0. The molecule has 2 aliphatic heterocycles. The van der Waals surface area contributed by atoms with Crippen molar-refractivity contribution >= 4 is 11.6 Å². The Kier molecular flexibility index (Phi) is 9.48. The SMILES string of the molecule is CCCc1ccc(C2CCN(CCC(=O)N3CCC(Oc4ccc([N+](=O)[O-])c(C(F)(F)F)c4)CC3)CC2)cc1. The van der Waals surface area contributed by atoms with Crippen LogP contribution in [0.15, 0.2) is 42.5 Å². The van der Waals surface area contributed by atoms with Crippen LogP contribution in [-0.4, -0.2) is 59.5 Å². The van der Waals surface area contributed by atoms with Gasteiger partial charge in [0.2, 0.25) is 5.91 Å². The normalized spacial score (nSPS) is 17.8. The zero-order valence-corrected chi connectivity index (χ0v) is 22.3. The Balaban J connectivity index is 1.19. The molecule has 2 saturated heterocycles. The quantitative estimate of drug-likeness (QED) is 0.276. The minimum Gasteiger partial charge on any atom is -0.490 e. The number of rotatable bonds is 9. The van der Waals surface area contributed by atoms with Crippen LogP contribution in [0.4, 0.5) is 18.9 Å². The molecule has 0 bridgehead atoms. The van der Waals surface area contributed by atoms with Gasteiger partial charge in [-0.1, -0.05) is 37.6 Å². The molecule has 0 atom stereocenters. The van der Waals surface area contributed by atoms with Gasteiger partial charge in [0, 0.05) is 45.0 Å². The summed E-state index contributed by atoms with van der Waals surface area (Å²) < 4.78 is 45.4. The number of benzene rings is 2. The predicted octanol–water partition coefficient (Wildman–Crippen LogP) is 6.21. The van der Waals surface area contributed by atoms with E-state index in [4.69, 9.17) is 4.74 Å². The predicted molar refractivity (Wildman–Crippen MR) is 142 cm³/mol. The van der Waals surface area contributed by atoms with Gasteiger partial charge in [-0.05, 0) is 61.5 Å². The molecule has 2 fully saturated rings. The van der Waals surface area contributed by atoms with Crippen molar-refractivity contribution in [1.82, 2.24) is 9.80 Å². The zero-order valence-electron chi connectivity index (χ0n) is 22.3. The van der Waals surface area contributed by atoms with Crippen molar-refractivity contribution in [3.05, 3.63) is 69.3 Å². The summed E-state index contributed by atoms with van der Waals surface area (Å²) in [4.78, 5) is 26.8. The molecule has 0 aromatic heterocycles. The minimum atomic E-state index is -4.85. The number of carbonyl (C=O) groups excluding carboxylic acids is 1. The molecular weight excluding hydrogens is 511 g/mol. The first-order valence-corrected chi connectivity index (χ1v) is 13.7. The van der Waals surface area contributed by atoms with Crippen LogP contribution >= 0.6 is 0 Å². The Morgan fingerprint density at radius 1 is 1.03 bits per heavy atom. The van der Waals surface area contributed by atoms with E-state index in [1.807, 2.05) is 0 Å². The number of nitro groups is 1. The molecule has 2 aromatic rings. The Hall–Kier alpha value is -3.14. The molecule has 0 spiro atoms. The lowest BCUT2D eigenvalue weighted by atomic mass is 9.88. The Morgan fingerprint density at radius 3 is 2.28 bits per heavy atom. The topological polar surface area (TPSA) is 75.9 Å². The van der Waals surface area contributed by atoms with E-state index in [0.717, 1.165) is 51.4 Å². The van der Waals surface area contributed by atoms with E-state index < -0.39 is 22.4 Å². The van der Waals surface area contributed by atoms with Gasteiger partial charge < -0.3 is 14.5 Å². The number of halogens is 3. The van der Waals surface area contributed by atoms with Crippen LogP contribution in [0.2, 0.25) is 0 Å². The fourth-order valence-electron chi connectivity index (χ4n) is 5.54. The van der Waals surface area contributed by atoms with Crippen molar-refractivity contribution in [3.8, 4) is 5.75 Å². The number of likely N-dealkylation sites (tertiary alicyclic amines) is 2. The number of alkyl halides is 3. The average molecular weight is 548 g/mol. The standard InChI is InChI=1S/C29H36F3N3O4/c1-2-3-21-4-6-22(7-5-21)23-10-15-33(16-11-23)17-14-28(36)34-18-12-24(13-19-34)39-25-8-9-27(35(37)38)26(20-25)29(30,31)32/h4-9,20,23-24H,2-3,10-19H2,1H3. The highest BCUT2D eigenvalue weighted by molar-refractivity contribution is 5.76. The van der Waals surface area contributed by atoms with Gasteiger partial charge in [0.05, 0.1) is 4.92 Å². The molecule has 212 valence electrons. The number of carbonyl (C=O) groups is 1. The second-order valence-electron chi connectivity index (χ2n) is 10.5. The third-order valence-corrected chi connectivity index (χ3v) is 7.79. The zero-order chi connectivity index (χ0) is 28.0. The lowest BCUT2D eigenvalue weighted by Crippen LogP contribution is -2.43. The fourth-order valence-corrected chi connectivity index (χ4v) is 5.54. The molecule has 2 heterocycles. The Morgan fingerprint density at radius 2 is 1.69 bits per heavy atom.